The maximum atomic E-state index is 12.3. The standard InChI is InChI=1S/C9H18F3N2O3S/c1-2-3-6-14(7-4-5-13-8-14)17-18(15,16)9(10,11)12/h13H,2-8H2,1H3/q+1. The second-order valence-electron chi connectivity index (χ2n) is 4.34. The minimum absolute atomic E-state index is 0.0787. The quantitative estimate of drug-likeness (QED) is 0.613. The van der Waals surface area contributed by atoms with E-state index in [0.717, 1.165) is 6.42 Å². The first-order valence-electron chi connectivity index (χ1n) is 5.82. The number of nitrogens with zero attached hydrogens (tertiary/aromatic N) is 1. The van der Waals surface area contributed by atoms with Crippen molar-refractivity contribution in [1.82, 2.24) is 5.32 Å². The highest BCUT2D eigenvalue weighted by molar-refractivity contribution is 7.87. The molecule has 1 atom stereocenters. The molecule has 5 nitrogen and oxygen atoms in total. The van der Waals surface area contributed by atoms with E-state index in [9.17, 15) is 21.6 Å². The molecule has 1 rings (SSSR count). The van der Waals surface area contributed by atoms with E-state index in [2.05, 4.69) is 9.60 Å². The summed E-state index contributed by atoms with van der Waals surface area (Å²) in [6.45, 7) is 3.13. The number of alkyl halides is 3. The summed E-state index contributed by atoms with van der Waals surface area (Å²) in [7, 11) is -5.55. The number of hydrogen-bond donors (Lipinski definition) is 1. The molecule has 18 heavy (non-hydrogen) atoms. The van der Waals surface area contributed by atoms with Gasteiger partial charge in [0.1, 0.15) is 13.1 Å². The summed E-state index contributed by atoms with van der Waals surface area (Å²) in [5.41, 5.74) is -5.37. The average Bonchev–Trinajstić information content (AvgIpc) is 2.25. The number of hydroxylamine groups is 3. The molecule has 1 unspecified atom stereocenters. The molecule has 0 aliphatic carbocycles. The van der Waals surface area contributed by atoms with E-state index in [4.69, 9.17) is 0 Å². The fraction of sp³-hybridized carbons (Fsp3) is 1.00. The number of rotatable bonds is 5. The van der Waals surface area contributed by atoms with Gasteiger partial charge in [0.05, 0.1) is 0 Å². The first-order valence-corrected chi connectivity index (χ1v) is 7.22. The van der Waals surface area contributed by atoms with Gasteiger partial charge < -0.3 is 0 Å². The minimum Gasteiger partial charge on any atom is -0.268 e. The van der Waals surface area contributed by atoms with Gasteiger partial charge in [-0.2, -0.15) is 21.6 Å². The molecule has 1 aliphatic rings. The molecule has 1 N–H and O–H groups in total. The zero-order valence-electron chi connectivity index (χ0n) is 10.2. The van der Waals surface area contributed by atoms with Crippen LogP contribution in [0.2, 0.25) is 0 Å². The highest BCUT2D eigenvalue weighted by Gasteiger charge is 2.53. The lowest BCUT2D eigenvalue weighted by Crippen LogP contribution is -2.59. The van der Waals surface area contributed by atoms with Gasteiger partial charge in [0.15, 0.2) is 6.67 Å². The summed E-state index contributed by atoms with van der Waals surface area (Å²) in [6.07, 6.45) is 1.95. The SMILES string of the molecule is CCCC[N+]1(OS(=O)(=O)C(F)(F)F)CCCNC1. The Bertz CT molecular complexity index is 364. The van der Waals surface area contributed by atoms with Crippen LogP contribution in [-0.4, -0.2) is 44.9 Å². The molecule has 1 heterocycles. The molecule has 0 bridgehead atoms. The first kappa shape index (κ1) is 15.7. The van der Waals surface area contributed by atoms with Gasteiger partial charge >= 0.3 is 15.6 Å². The Morgan fingerprint density at radius 1 is 1.39 bits per heavy atom. The van der Waals surface area contributed by atoms with E-state index in [1.807, 2.05) is 6.92 Å². The zero-order chi connectivity index (χ0) is 13.9. The van der Waals surface area contributed by atoms with Crippen LogP contribution in [-0.2, 0) is 14.4 Å². The summed E-state index contributed by atoms with van der Waals surface area (Å²) in [4.78, 5) is 0. The summed E-state index contributed by atoms with van der Waals surface area (Å²) in [5, 5.41) is 2.87. The van der Waals surface area contributed by atoms with Gasteiger partial charge in [-0.3, -0.25) is 5.32 Å². The largest absolute Gasteiger partial charge is 0.528 e. The lowest BCUT2D eigenvalue weighted by molar-refractivity contribution is -1.08. The smallest absolute Gasteiger partial charge is 0.268 e. The molecule has 0 amide bonds. The molecule has 1 aliphatic heterocycles. The van der Waals surface area contributed by atoms with Crippen molar-refractivity contribution in [2.75, 3.05) is 26.3 Å². The Hall–Kier alpha value is -0.380. The summed E-state index contributed by atoms with van der Waals surface area (Å²) < 4.78 is 63.1. The molecule has 0 aromatic heterocycles. The molecule has 1 fully saturated rings. The lowest BCUT2D eigenvalue weighted by Gasteiger charge is -2.37. The van der Waals surface area contributed by atoms with Crippen LogP contribution in [0.4, 0.5) is 13.2 Å². The third-order valence-corrected chi connectivity index (χ3v) is 3.86. The van der Waals surface area contributed by atoms with Crippen LogP contribution >= 0.6 is 0 Å². The van der Waals surface area contributed by atoms with Crippen molar-refractivity contribution in [1.29, 1.82) is 0 Å². The molecular formula is C9H18F3N2O3S+. The van der Waals surface area contributed by atoms with Crippen LogP contribution in [0, 0.1) is 0 Å². The number of halogens is 3. The monoisotopic (exact) mass is 291 g/mol. The number of quaternary nitrogens is 1. The second-order valence-corrected chi connectivity index (χ2v) is 5.87. The van der Waals surface area contributed by atoms with E-state index in [1.165, 1.54) is 0 Å². The van der Waals surface area contributed by atoms with Crippen molar-refractivity contribution in [2.45, 2.75) is 31.7 Å². The van der Waals surface area contributed by atoms with Crippen molar-refractivity contribution in [2.24, 2.45) is 0 Å². The Kier molecular flexibility index (Phi) is 4.98. The van der Waals surface area contributed by atoms with Crippen molar-refractivity contribution in [3.8, 4) is 0 Å². The Balaban J connectivity index is 2.85. The lowest BCUT2D eigenvalue weighted by atomic mass is 10.2. The zero-order valence-corrected chi connectivity index (χ0v) is 11.0. The third-order valence-electron chi connectivity index (χ3n) is 2.78. The molecule has 1 saturated heterocycles. The van der Waals surface area contributed by atoms with Gasteiger partial charge in [-0.25, -0.2) is 0 Å². The van der Waals surface area contributed by atoms with Crippen molar-refractivity contribution in [3.05, 3.63) is 0 Å². The normalized spacial score (nSPS) is 26.2. The van der Waals surface area contributed by atoms with Gasteiger partial charge in [-0.1, -0.05) is 17.6 Å². The van der Waals surface area contributed by atoms with E-state index >= 15 is 0 Å². The topological polar surface area (TPSA) is 55.4 Å². The second kappa shape index (κ2) is 5.72. The van der Waals surface area contributed by atoms with Crippen molar-refractivity contribution in [3.63, 3.8) is 0 Å². The van der Waals surface area contributed by atoms with Gasteiger partial charge in [0.2, 0.25) is 0 Å². The van der Waals surface area contributed by atoms with Crippen LogP contribution in [0.15, 0.2) is 0 Å². The minimum atomic E-state index is -5.55. The Morgan fingerprint density at radius 2 is 2.06 bits per heavy atom. The van der Waals surface area contributed by atoms with E-state index in [0.29, 0.717) is 19.4 Å². The molecule has 0 aromatic rings. The first-order chi connectivity index (χ1) is 8.22. The summed E-state index contributed by atoms with van der Waals surface area (Å²) >= 11 is 0. The fourth-order valence-corrected chi connectivity index (χ4v) is 2.55. The highest BCUT2D eigenvalue weighted by atomic mass is 32.2. The third kappa shape index (κ3) is 3.81. The van der Waals surface area contributed by atoms with Crippen molar-refractivity contribution >= 4 is 10.1 Å². The fourth-order valence-electron chi connectivity index (χ4n) is 1.84. The van der Waals surface area contributed by atoms with E-state index < -0.39 is 20.3 Å². The molecule has 108 valence electrons. The summed E-state index contributed by atoms with van der Waals surface area (Å²) in [6, 6.07) is 0. The molecule has 0 spiro atoms. The van der Waals surface area contributed by atoms with Crippen LogP contribution in [0.1, 0.15) is 26.2 Å². The van der Waals surface area contributed by atoms with Crippen molar-refractivity contribution < 1.29 is 30.5 Å². The summed E-state index contributed by atoms with van der Waals surface area (Å²) in [5.74, 6) is 0. The van der Waals surface area contributed by atoms with Gasteiger partial charge in [0, 0.05) is 13.0 Å². The molecular weight excluding hydrogens is 273 g/mol. The van der Waals surface area contributed by atoms with Crippen LogP contribution < -0.4 is 5.32 Å². The van der Waals surface area contributed by atoms with E-state index in [-0.39, 0.29) is 19.8 Å². The molecule has 0 saturated carbocycles. The number of unbranched alkanes of at least 4 members (excludes halogenated alkanes) is 1. The van der Waals surface area contributed by atoms with Gasteiger partial charge in [-0.15, -0.1) is 4.65 Å². The average molecular weight is 291 g/mol. The molecule has 0 radical (unpaired) electrons. The maximum Gasteiger partial charge on any atom is 0.528 e. The molecule has 0 aromatic carbocycles. The van der Waals surface area contributed by atoms with Crippen LogP contribution in [0.3, 0.4) is 0 Å². The van der Waals surface area contributed by atoms with Crippen LogP contribution in [0.25, 0.3) is 0 Å². The number of hydrogen-bond acceptors (Lipinski definition) is 4. The Labute approximate surface area is 105 Å². The van der Waals surface area contributed by atoms with E-state index in [1.54, 1.807) is 0 Å². The maximum absolute atomic E-state index is 12.3. The highest BCUT2D eigenvalue weighted by Crippen LogP contribution is 2.29. The number of nitrogens with one attached hydrogen (secondary N) is 1. The molecule has 9 heteroatoms. The van der Waals surface area contributed by atoms with Crippen LogP contribution in [0.5, 0.6) is 0 Å². The van der Waals surface area contributed by atoms with Gasteiger partial charge in [-0.05, 0) is 6.42 Å². The Morgan fingerprint density at radius 3 is 2.50 bits per heavy atom. The van der Waals surface area contributed by atoms with Gasteiger partial charge in [0.25, 0.3) is 0 Å². The predicted octanol–water partition coefficient (Wildman–Crippen LogP) is 1.34. The predicted molar refractivity (Wildman–Crippen MR) is 58.4 cm³/mol.